The number of aryl methyl sites for hydroxylation is 1. The van der Waals surface area contributed by atoms with Gasteiger partial charge in [-0.15, -0.1) is 0 Å². The van der Waals surface area contributed by atoms with E-state index in [2.05, 4.69) is 0 Å². The molecule has 0 radical (unpaired) electrons. The van der Waals surface area contributed by atoms with Crippen molar-refractivity contribution in [3.05, 3.63) is 35.4 Å². The van der Waals surface area contributed by atoms with Gasteiger partial charge in [-0.2, -0.15) is 0 Å². The van der Waals surface area contributed by atoms with Crippen molar-refractivity contribution in [3.63, 3.8) is 0 Å². The number of rotatable bonds is 4. The molecular weight excluding hydrogens is 194 g/mol. The minimum absolute atomic E-state index is 0.501. The molecule has 1 rings (SSSR count). The molecular formula is C11H15NO3. The van der Waals surface area contributed by atoms with E-state index in [0.29, 0.717) is 5.56 Å². The summed E-state index contributed by atoms with van der Waals surface area (Å²) in [6, 6.07) is 7.07. The van der Waals surface area contributed by atoms with Gasteiger partial charge in [0.2, 0.25) is 5.91 Å². The van der Waals surface area contributed by atoms with Crippen molar-refractivity contribution in [2.75, 3.05) is 0 Å². The zero-order valence-electron chi connectivity index (χ0n) is 8.55. The number of aliphatic hydroxyl groups is 2. The second kappa shape index (κ2) is 4.91. The molecule has 0 spiro atoms. The topological polar surface area (TPSA) is 83.6 Å². The summed E-state index contributed by atoms with van der Waals surface area (Å²) in [7, 11) is 0. The van der Waals surface area contributed by atoms with Crippen molar-refractivity contribution in [1.82, 2.24) is 0 Å². The van der Waals surface area contributed by atoms with Crippen LogP contribution in [0.5, 0.6) is 0 Å². The number of amides is 1. The van der Waals surface area contributed by atoms with Gasteiger partial charge in [0, 0.05) is 0 Å². The van der Waals surface area contributed by atoms with Crippen LogP contribution in [0, 0.1) is 0 Å². The average molecular weight is 209 g/mol. The third kappa shape index (κ3) is 2.78. The van der Waals surface area contributed by atoms with Gasteiger partial charge in [-0.1, -0.05) is 31.2 Å². The first-order valence-electron chi connectivity index (χ1n) is 4.80. The number of carbonyl (C=O) groups is 1. The van der Waals surface area contributed by atoms with Gasteiger partial charge < -0.3 is 15.9 Å². The van der Waals surface area contributed by atoms with Crippen LogP contribution in [0.25, 0.3) is 0 Å². The second-order valence-corrected chi connectivity index (χ2v) is 3.39. The van der Waals surface area contributed by atoms with E-state index in [-0.39, 0.29) is 0 Å². The fraction of sp³-hybridized carbons (Fsp3) is 0.364. The van der Waals surface area contributed by atoms with E-state index in [9.17, 15) is 15.0 Å². The van der Waals surface area contributed by atoms with Crippen LogP contribution >= 0.6 is 0 Å². The molecule has 0 bridgehead atoms. The van der Waals surface area contributed by atoms with Crippen LogP contribution < -0.4 is 5.73 Å². The molecule has 4 nitrogen and oxygen atoms in total. The van der Waals surface area contributed by atoms with Gasteiger partial charge in [0.1, 0.15) is 6.10 Å². The van der Waals surface area contributed by atoms with Gasteiger partial charge in [0.15, 0.2) is 6.10 Å². The van der Waals surface area contributed by atoms with Crippen LogP contribution in [0.4, 0.5) is 0 Å². The Kier molecular flexibility index (Phi) is 3.82. The number of nitrogens with two attached hydrogens (primary N) is 1. The number of primary amides is 1. The summed E-state index contributed by atoms with van der Waals surface area (Å²) < 4.78 is 0. The average Bonchev–Trinajstić information content (AvgIpc) is 2.27. The third-order valence-corrected chi connectivity index (χ3v) is 2.29. The van der Waals surface area contributed by atoms with E-state index < -0.39 is 18.1 Å². The van der Waals surface area contributed by atoms with Crippen molar-refractivity contribution in [3.8, 4) is 0 Å². The molecule has 2 atom stereocenters. The molecule has 1 aromatic rings. The summed E-state index contributed by atoms with van der Waals surface area (Å²) >= 11 is 0. The summed E-state index contributed by atoms with van der Waals surface area (Å²) in [5.74, 6) is -0.926. The van der Waals surface area contributed by atoms with Gasteiger partial charge in [0.05, 0.1) is 0 Å². The smallest absolute Gasteiger partial charge is 0.249 e. The van der Waals surface area contributed by atoms with Gasteiger partial charge in [-0.3, -0.25) is 4.79 Å². The molecule has 4 heteroatoms. The van der Waals surface area contributed by atoms with Crippen LogP contribution in [0.3, 0.4) is 0 Å². The van der Waals surface area contributed by atoms with Gasteiger partial charge in [0.25, 0.3) is 0 Å². The molecule has 1 aromatic carbocycles. The maximum atomic E-state index is 10.7. The normalized spacial score (nSPS) is 14.6. The summed E-state index contributed by atoms with van der Waals surface area (Å²) in [5.41, 5.74) is 6.43. The highest BCUT2D eigenvalue weighted by molar-refractivity contribution is 5.79. The lowest BCUT2D eigenvalue weighted by atomic mass is 10.0. The Morgan fingerprint density at radius 2 is 2.13 bits per heavy atom. The third-order valence-electron chi connectivity index (χ3n) is 2.29. The molecule has 0 aliphatic carbocycles. The number of hydrogen-bond donors (Lipinski definition) is 3. The Morgan fingerprint density at radius 3 is 2.67 bits per heavy atom. The van der Waals surface area contributed by atoms with E-state index >= 15 is 0 Å². The fourth-order valence-corrected chi connectivity index (χ4v) is 1.33. The highest BCUT2D eigenvalue weighted by Crippen LogP contribution is 2.18. The Hall–Kier alpha value is -1.39. The Bertz CT molecular complexity index is 351. The van der Waals surface area contributed by atoms with E-state index in [4.69, 9.17) is 5.73 Å². The molecule has 0 aromatic heterocycles. The summed E-state index contributed by atoms with van der Waals surface area (Å²) in [5, 5.41) is 18.9. The Morgan fingerprint density at radius 1 is 1.47 bits per heavy atom. The Balaban J connectivity index is 2.90. The molecule has 0 aliphatic heterocycles. The first kappa shape index (κ1) is 11.7. The molecule has 0 aliphatic rings. The maximum absolute atomic E-state index is 10.7. The van der Waals surface area contributed by atoms with Crippen molar-refractivity contribution in [1.29, 1.82) is 0 Å². The zero-order valence-corrected chi connectivity index (χ0v) is 8.55. The molecule has 0 fully saturated rings. The van der Waals surface area contributed by atoms with E-state index in [1.165, 1.54) is 0 Å². The lowest BCUT2D eigenvalue weighted by Gasteiger charge is -2.15. The van der Waals surface area contributed by atoms with Crippen molar-refractivity contribution < 1.29 is 15.0 Å². The Labute approximate surface area is 88.3 Å². The highest BCUT2D eigenvalue weighted by atomic mass is 16.3. The molecule has 2 unspecified atom stereocenters. The zero-order chi connectivity index (χ0) is 11.4. The first-order chi connectivity index (χ1) is 7.06. The molecule has 4 N–H and O–H groups in total. The predicted molar refractivity (Wildman–Crippen MR) is 56.0 cm³/mol. The van der Waals surface area contributed by atoms with E-state index in [0.717, 1.165) is 12.0 Å². The van der Waals surface area contributed by atoms with Gasteiger partial charge in [-0.05, 0) is 17.5 Å². The second-order valence-electron chi connectivity index (χ2n) is 3.39. The molecule has 0 heterocycles. The molecule has 1 amide bonds. The highest BCUT2D eigenvalue weighted by Gasteiger charge is 2.23. The minimum atomic E-state index is -1.56. The van der Waals surface area contributed by atoms with Crippen molar-refractivity contribution in [2.45, 2.75) is 25.6 Å². The molecule has 0 saturated heterocycles. The lowest BCUT2D eigenvalue weighted by Crippen LogP contribution is -2.33. The van der Waals surface area contributed by atoms with Crippen molar-refractivity contribution >= 4 is 5.91 Å². The standard InChI is InChI=1S/C11H15NO3/c1-2-7-4-3-5-8(6-7)9(13)10(14)11(12)15/h3-6,9-10,13-14H,2H2,1H3,(H2,12,15). The monoisotopic (exact) mass is 209 g/mol. The number of aliphatic hydroxyl groups excluding tert-OH is 2. The summed E-state index contributed by atoms with van der Waals surface area (Å²) in [6.07, 6.45) is -1.99. The molecule has 0 saturated carbocycles. The molecule has 82 valence electrons. The van der Waals surface area contributed by atoms with Gasteiger partial charge in [-0.25, -0.2) is 0 Å². The van der Waals surface area contributed by atoms with Crippen LogP contribution in [0.15, 0.2) is 24.3 Å². The summed E-state index contributed by atoms with van der Waals surface area (Å²) in [6.45, 7) is 1.98. The SMILES string of the molecule is CCc1cccc(C(O)C(O)C(N)=O)c1. The fourth-order valence-electron chi connectivity index (χ4n) is 1.33. The summed E-state index contributed by atoms with van der Waals surface area (Å²) in [4.78, 5) is 10.7. The number of hydrogen-bond acceptors (Lipinski definition) is 3. The van der Waals surface area contributed by atoms with Crippen LogP contribution in [0.1, 0.15) is 24.2 Å². The lowest BCUT2D eigenvalue weighted by molar-refractivity contribution is -0.131. The van der Waals surface area contributed by atoms with Gasteiger partial charge >= 0.3 is 0 Å². The number of benzene rings is 1. The van der Waals surface area contributed by atoms with Crippen molar-refractivity contribution in [2.24, 2.45) is 5.73 Å². The van der Waals surface area contributed by atoms with E-state index in [1.807, 2.05) is 13.0 Å². The first-order valence-corrected chi connectivity index (χ1v) is 4.80. The van der Waals surface area contributed by atoms with Crippen LogP contribution in [-0.2, 0) is 11.2 Å². The van der Waals surface area contributed by atoms with Crippen LogP contribution in [-0.4, -0.2) is 22.2 Å². The minimum Gasteiger partial charge on any atom is -0.385 e. The predicted octanol–water partition coefficient (Wildman–Crippen LogP) is 0.129. The largest absolute Gasteiger partial charge is 0.385 e. The van der Waals surface area contributed by atoms with E-state index in [1.54, 1.807) is 18.2 Å². The maximum Gasteiger partial charge on any atom is 0.249 e. The molecule has 15 heavy (non-hydrogen) atoms. The quantitative estimate of drug-likeness (QED) is 0.659. The number of carbonyl (C=O) groups excluding carboxylic acids is 1. The van der Waals surface area contributed by atoms with Crippen LogP contribution in [0.2, 0.25) is 0 Å².